The number of carboxylic acid groups (broad SMARTS) is 1. The first-order valence-electron chi connectivity index (χ1n) is 14.1. The van der Waals surface area contributed by atoms with Crippen molar-refractivity contribution in [1.82, 2.24) is 19.3 Å². The third kappa shape index (κ3) is 5.32. The van der Waals surface area contributed by atoms with Crippen LogP contribution in [-0.4, -0.2) is 36.0 Å². The molecule has 3 heterocycles. The molecule has 224 valence electrons. The normalized spacial score (nSPS) is 12.7. The van der Waals surface area contributed by atoms with Crippen molar-refractivity contribution in [1.29, 1.82) is 0 Å². The number of hydrogen-bond donors (Lipinski definition) is 1. The van der Waals surface area contributed by atoms with E-state index in [9.17, 15) is 14.7 Å². The number of aromatic nitrogens is 4. The minimum absolute atomic E-state index is 0.0468. The summed E-state index contributed by atoms with van der Waals surface area (Å²) >= 11 is 7.73. The fraction of sp³-hybridized carbons (Fsp3) is 0.235. The largest absolute Gasteiger partial charge is 0.479 e. The van der Waals surface area contributed by atoms with Crippen molar-refractivity contribution in [2.45, 2.75) is 39.4 Å². The number of carbonyl (C=O) groups is 1. The monoisotopic (exact) mass is 626 g/mol. The second-order valence-electron chi connectivity index (χ2n) is 11.8. The van der Waals surface area contributed by atoms with Crippen LogP contribution in [0, 0.1) is 6.92 Å². The topological polar surface area (TPSA) is 99.2 Å². The first kappa shape index (κ1) is 29.7. The number of benzene rings is 3. The standard InChI is InChI=1S/C34H31ClN4O4S/c1-18-15-25-30(28(19-7-10-22(35)11-8-19)27(18)29(33(41)42)43-34(2,3)4)44-31(37-25)21-13-14-36-24(16-21)20-9-12-23-26(17-20)38(5)39(6)32(23)40/h7-17,29H,1-6H3,(H,41,42). The summed E-state index contributed by atoms with van der Waals surface area (Å²) in [5.74, 6) is -1.06. The van der Waals surface area contributed by atoms with E-state index in [1.807, 2.05) is 88.0 Å². The number of aryl methyl sites for hydroxylation is 2. The molecule has 6 rings (SSSR count). The maximum Gasteiger partial charge on any atom is 0.337 e. The van der Waals surface area contributed by atoms with Gasteiger partial charge in [0.1, 0.15) is 5.01 Å². The minimum atomic E-state index is -1.19. The van der Waals surface area contributed by atoms with Gasteiger partial charge in [0.15, 0.2) is 6.10 Å². The van der Waals surface area contributed by atoms with Gasteiger partial charge < -0.3 is 9.84 Å². The van der Waals surface area contributed by atoms with Crippen molar-refractivity contribution >= 4 is 50.0 Å². The Morgan fingerprint density at radius 1 is 0.977 bits per heavy atom. The number of rotatable bonds is 6. The maximum absolute atomic E-state index is 12.6. The molecule has 0 saturated heterocycles. The van der Waals surface area contributed by atoms with E-state index in [2.05, 4.69) is 4.98 Å². The number of hydrogen-bond acceptors (Lipinski definition) is 6. The Balaban J connectivity index is 1.53. The molecule has 6 aromatic rings. The van der Waals surface area contributed by atoms with Gasteiger partial charge in [0.2, 0.25) is 0 Å². The summed E-state index contributed by atoms with van der Waals surface area (Å²) in [5, 5.41) is 12.3. The van der Waals surface area contributed by atoms with Gasteiger partial charge in [0, 0.05) is 47.6 Å². The number of ether oxygens (including phenoxy) is 1. The summed E-state index contributed by atoms with van der Waals surface area (Å²) in [4.78, 5) is 34.8. The van der Waals surface area contributed by atoms with Gasteiger partial charge >= 0.3 is 5.97 Å². The lowest BCUT2D eigenvalue weighted by molar-refractivity contribution is -0.160. The molecular weight excluding hydrogens is 596 g/mol. The molecule has 3 aromatic carbocycles. The lowest BCUT2D eigenvalue weighted by Crippen LogP contribution is -2.28. The fourth-order valence-corrected chi connectivity index (χ4v) is 6.74. The molecule has 44 heavy (non-hydrogen) atoms. The van der Waals surface area contributed by atoms with Crippen LogP contribution in [0.4, 0.5) is 0 Å². The Morgan fingerprint density at radius 3 is 2.36 bits per heavy atom. The second-order valence-corrected chi connectivity index (χ2v) is 13.3. The van der Waals surface area contributed by atoms with E-state index in [-0.39, 0.29) is 5.56 Å². The minimum Gasteiger partial charge on any atom is -0.479 e. The Morgan fingerprint density at radius 2 is 1.68 bits per heavy atom. The zero-order valence-electron chi connectivity index (χ0n) is 25.2. The number of halogens is 1. The molecule has 0 aliphatic rings. The first-order valence-corrected chi connectivity index (χ1v) is 15.2. The molecule has 1 unspecified atom stereocenters. The third-order valence-corrected chi connectivity index (χ3v) is 9.03. The van der Waals surface area contributed by atoms with Crippen LogP contribution in [0.1, 0.15) is 38.0 Å². The number of nitrogens with zero attached hydrogens (tertiary/aromatic N) is 4. The Kier molecular flexibility index (Phi) is 7.44. The quantitative estimate of drug-likeness (QED) is 0.203. The highest BCUT2D eigenvalue weighted by Gasteiger charge is 2.32. The van der Waals surface area contributed by atoms with Crippen molar-refractivity contribution in [3.63, 3.8) is 0 Å². The Hall–Kier alpha value is -4.31. The average Bonchev–Trinajstić information content (AvgIpc) is 3.50. The van der Waals surface area contributed by atoms with E-state index in [4.69, 9.17) is 21.3 Å². The summed E-state index contributed by atoms with van der Waals surface area (Å²) in [6.45, 7) is 7.44. The van der Waals surface area contributed by atoms with Crippen molar-refractivity contribution in [2.75, 3.05) is 0 Å². The van der Waals surface area contributed by atoms with Crippen molar-refractivity contribution in [3.8, 4) is 33.0 Å². The van der Waals surface area contributed by atoms with E-state index in [0.717, 1.165) is 54.3 Å². The van der Waals surface area contributed by atoms with Crippen LogP contribution in [0.2, 0.25) is 5.02 Å². The van der Waals surface area contributed by atoms with Crippen LogP contribution in [0.15, 0.2) is 71.7 Å². The van der Waals surface area contributed by atoms with Gasteiger partial charge in [-0.2, -0.15) is 0 Å². The van der Waals surface area contributed by atoms with Crippen molar-refractivity contribution < 1.29 is 14.6 Å². The predicted molar refractivity (Wildman–Crippen MR) is 176 cm³/mol. The number of carboxylic acids is 1. The zero-order valence-corrected chi connectivity index (χ0v) is 26.7. The van der Waals surface area contributed by atoms with Crippen LogP contribution in [0.5, 0.6) is 0 Å². The molecule has 0 radical (unpaired) electrons. The SMILES string of the molecule is Cc1cc2nc(-c3ccnc(-c4ccc5c(=O)n(C)n(C)c5c4)c3)sc2c(-c2ccc(Cl)cc2)c1C(OC(C)(C)C)C(=O)O. The highest BCUT2D eigenvalue weighted by Crippen LogP contribution is 2.44. The molecule has 1 atom stereocenters. The van der Waals surface area contributed by atoms with Gasteiger partial charge in [0.05, 0.1) is 32.4 Å². The van der Waals surface area contributed by atoms with Crippen LogP contribution < -0.4 is 5.56 Å². The van der Waals surface area contributed by atoms with Crippen molar-refractivity contribution in [3.05, 3.63) is 93.4 Å². The highest BCUT2D eigenvalue weighted by molar-refractivity contribution is 7.22. The molecule has 0 saturated carbocycles. The molecule has 0 amide bonds. The second kappa shape index (κ2) is 11.0. The van der Waals surface area contributed by atoms with Crippen LogP contribution >= 0.6 is 22.9 Å². The number of thiazole rings is 1. The van der Waals surface area contributed by atoms with Crippen molar-refractivity contribution in [2.24, 2.45) is 14.1 Å². The van der Waals surface area contributed by atoms with Crippen LogP contribution in [-0.2, 0) is 23.6 Å². The zero-order chi connectivity index (χ0) is 31.5. The van der Waals surface area contributed by atoms with Crippen LogP contribution in [0.25, 0.3) is 54.1 Å². The summed E-state index contributed by atoms with van der Waals surface area (Å²) < 4.78 is 10.4. The number of aliphatic carboxylic acids is 1. The van der Waals surface area contributed by atoms with Gasteiger partial charge in [-0.3, -0.25) is 19.1 Å². The van der Waals surface area contributed by atoms with Gasteiger partial charge in [-0.1, -0.05) is 29.8 Å². The summed E-state index contributed by atoms with van der Waals surface area (Å²) in [7, 11) is 3.60. The summed E-state index contributed by atoms with van der Waals surface area (Å²) in [6.07, 6.45) is 0.561. The lowest BCUT2D eigenvalue weighted by atomic mass is 9.91. The predicted octanol–water partition coefficient (Wildman–Crippen LogP) is 7.79. The Labute approximate surface area is 263 Å². The van der Waals surface area contributed by atoms with Gasteiger partial charge in [-0.05, 0) is 81.3 Å². The van der Waals surface area contributed by atoms with E-state index >= 15 is 0 Å². The van der Waals surface area contributed by atoms with E-state index in [1.54, 1.807) is 30.1 Å². The number of fused-ring (bicyclic) bond motifs is 2. The first-order chi connectivity index (χ1) is 20.8. The van der Waals surface area contributed by atoms with Crippen LogP contribution in [0.3, 0.4) is 0 Å². The fourth-order valence-electron chi connectivity index (χ4n) is 5.50. The molecule has 10 heteroatoms. The molecular formula is C34H31ClN4O4S. The van der Waals surface area contributed by atoms with Gasteiger partial charge in [-0.15, -0.1) is 11.3 Å². The molecule has 0 fully saturated rings. The molecule has 0 aliphatic heterocycles. The Bertz CT molecular complexity index is 2140. The molecule has 0 bridgehead atoms. The lowest BCUT2D eigenvalue weighted by Gasteiger charge is -2.28. The molecule has 0 aliphatic carbocycles. The third-order valence-electron chi connectivity index (χ3n) is 7.64. The van der Waals surface area contributed by atoms with E-state index in [1.165, 1.54) is 11.3 Å². The highest BCUT2D eigenvalue weighted by atomic mass is 35.5. The molecule has 3 aromatic heterocycles. The number of pyridine rings is 1. The maximum atomic E-state index is 12.6. The van der Waals surface area contributed by atoms with E-state index in [0.29, 0.717) is 16.0 Å². The average molecular weight is 627 g/mol. The van der Waals surface area contributed by atoms with E-state index < -0.39 is 17.7 Å². The molecule has 0 spiro atoms. The summed E-state index contributed by atoms with van der Waals surface area (Å²) in [5.41, 5.74) is 6.31. The molecule has 8 nitrogen and oxygen atoms in total. The summed E-state index contributed by atoms with van der Waals surface area (Å²) in [6, 6.07) is 18.9. The van der Waals surface area contributed by atoms with Gasteiger partial charge in [0.25, 0.3) is 5.56 Å². The smallest absolute Gasteiger partial charge is 0.337 e. The van der Waals surface area contributed by atoms with Gasteiger partial charge in [-0.25, -0.2) is 9.78 Å². The molecule has 1 N–H and O–H groups in total.